The molecule has 0 aliphatic heterocycles. The number of anilines is 1. The van der Waals surface area contributed by atoms with Gasteiger partial charge in [0.15, 0.2) is 18.1 Å². The Hall–Kier alpha value is -2.09. The second-order valence-electron chi connectivity index (χ2n) is 5.51. The van der Waals surface area contributed by atoms with Crippen molar-refractivity contribution in [3.05, 3.63) is 50.6 Å². The van der Waals surface area contributed by atoms with E-state index >= 15 is 0 Å². The average Bonchev–Trinajstić information content (AvgIpc) is 2.57. The largest absolute Gasteiger partial charge is 0.490 e. The Bertz CT molecular complexity index is 766. The minimum Gasteiger partial charge on any atom is -0.490 e. The monoisotopic (exact) mass is 453 g/mol. The number of ether oxygens (including phenoxy) is 2. The fraction of sp³-hybridized carbons (Fsp3) is 0.263. The van der Waals surface area contributed by atoms with Crippen molar-refractivity contribution in [2.45, 2.75) is 20.8 Å². The molecule has 0 fully saturated rings. The van der Waals surface area contributed by atoms with Crippen molar-refractivity contribution in [2.24, 2.45) is 0 Å². The number of halogens is 1. The van der Waals surface area contributed by atoms with E-state index in [0.717, 1.165) is 26.7 Å². The van der Waals surface area contributed by atoms with Crippen LogP contribution < -0.4 is 14.8 Å². The van der Waals surface area contributed by atoms with Crippen molar-refractivity contribution >= 4 is 40.5 Å². The molecule has 2 rings (SSSR count). The Balaban J connectivity index is 2.06. The third kappa shape index (κ3) is 5.19. The zero-order valence-corrected chi connectivity index (χ0v) is 16.5. The number of amides is 1. The SMILES string of the molecule is CCOc1cc(C=O)ccc1OCC(=O)Nc1c(C)cc(I)cc1C. The first-order valence-corrected chi connectivity index (χ1v) is 8.94. The number of benzene rings is 2. The van der Waals surface area contributed by atoms with Crippen molar-refractivity contribution in [1.29, 1.82) is 0 Å². The fourth-order valence-corrected chi connectivity index (χ4v) is 3.35. The molecule has 1 N–H and O–H groups in total. The molecule has 0 aliphatic carbocycles. The molecule has 6 heteroatoms. The molecule has 2 aromatic rings. The molecule has 0 saturated heterocycles. The Morgan fingerprint density at radius 3 is 2.40 bits per heavy atom. The van der Waals surface area contributed by atoms with E-state index in [4.69, 9.17) is 9.47 Å². The number of hydrogen-bond acceptors (Lipinski definition) is 4. The molecule has 0 heterocycles. The van der Waals surface area contributed by atoms with Crippen LogP contribution >= 0.6 is 22.6 Å². The van der Waals surface area contributed by atoms with Crippen molar-refractivity contribution in [1.82, 2.24) is 0 Å². The second kappa shape index (κ2) is 8.84. The van der Waals surface area contributed by atoms with E-state index in [2.05, 4.69) is 27.9 Å². The molecule has 0 radical (unpaired) electrons. The Kier molecular flexibility index (Phi) is 6.81. The van der Waals surface area contributed by atoms with Gasteiger partial charge in [0, 0.05) is 14.8 Å². The van der Waals surface area contributed by atoms with Crippen LogP contribution in [0, 0.1) is 17.4 Å². The van der Waals surface area contributed by atoms with E-state index in [-0.39, 0.29) is 12.5 Å². The molecule has 0 unspecified atom stereocenters. The van der Waals surface area contributed by atoms with Crippen LogP contribution in [0.3, 0.4) is 0 Å². The predicted octanol–water partition coefficient (Wildman–Crippen LogP) is 4.14. The van der Waals surface area contributed by atoms with Crippen LogP contribution in [0.15, 0.2) is 30.3 Å². The molecular weight excluding hydrogens is 433 g/mol. The number of rotatable bonds is 7. The van der Waals surface area contributed by atoms with Gasteiger partial charge in [-0.2, -0.15) is 0 Å². The first-order valence-electron chi connectivity index (χ1n) is 7.86. The third-order valence-corrected chi connectivity index (χ3v) is 4.15. The number of nitrogens with one attached hydrogen (secondary N) is 1. The number of carbonyl (C=O) groups excluding carboxylic acids is 2. The lowest BCUT2D eigenvalue weighted by molar-refractivity contribution is -0.118. The maximum atomic E-state index is 12.2. The highest BCUT2D eigenvalue weighted by Crippen LogP contribution is 2.28. The summed E-state index contributed by atoms with van der Waals surface area (Å²) in [6.07, 6.45) is 0.737. The lowest BCUT2D eigenvalue weighted by atomic mass is 10.1. The predicted molar refractivity (Wildman–Crippen MR) is 106 cm³/mol. The summed E-state index contributed by atoms with van der Waals surface area (Å²) < 4.78 is 12.2. The van der Waals surface area contributed by atoms with E-state index in [0.29, 0.717) is 23.7 Å². The van der Waals surface area contributed by atoms with Gasteiger partial charge in [0.25, 0.3) is 5.91 Å². The van der Waals surface area contributed by atoms with Gasteiger partial charge in [-0.25, -0.2) is 0 Å². The molecular formula is C19H20INO4. The summed E-state index contributed by atoms with van der Waals surface area (Å²) in [5.41, 5.74) is 3.30. The Morgan fingerprint density at radius 1 is 1.12 bits per heavy atom. The highest BCUT2D eigenvalue weighted by atomic mass is 127. The van der Waals surface area contributed by atoms with E-state index in [1.807, 2.05) is 32.9 Å². The highest BCUT2D eigenvalue weighted by Gasteiger charge is 2.12. The molecule has 0 aromatic heterocycles. The van der Waals surface area contributed by atoms with E-state index in [1.165, 1.54) is 0 Å². The quantitative estimate of drug-likeness (QED) is 0.506. The molecule has 2 aromatic carbocycles. The van der Waals surface area contributed by atoms with Gasteiger partial charge in [-0.15, -0.1) is 0 Å². The molecule has 0 bridgehead atoms. The van der Waals surface area contributed by atoms with Crippen LogP contribution in [0.1, 0.15) is 28.4 Å². The Morgan fingerprint density at radius 2 is 1.80 bits per heavy atom. The minimum absolute atomic E-state index is 0.147. The first-order chi connectivity index (χ1) is 11.9. The van der Waals surface area contributed by atoms with E-state index < -0.39 is 0 Å². The number of aryl methyl sites for hydroxylation is 2. The maximum Gasteiger partial charge on any atom is 0.262 e. The van der Waals surface area contributed by atoms with Crippen molar-refractivity contribution in [2.75, 3.05) is 18.5 Å². The van der Waals surface area contributed by atoms with E-state index in [9.17, 15) is 9.59 Å². The summed E-state index contributed by atoms with van der Waals surface area (Å²) in [5.74, 6) is 0.620. The number of hydrogen-bond donors (Lipinski definition) is 1. The molecule has 132 valence electrons. The Labute approximate surface area is 160 Å². The summed E-state index contributed by atoms with van der Waals surface area (Å²) in [5, 5.41) is 2.89. The van der Waals surface area contributed by atoms with Crippen molar-refractivity contribution in [3.63, 3.8) is 0 Å². The smallest absolute Gasteiger partial charge is 0.262 e. The standard InChI is InChI=1S/C19H20INO4/c1-4-24-17-9-14(10-22)5-6-16(17)25-11-18(23)21-19-12(2)7-15(20)8-13(19)3/h5-10H,4,11H2,1-3H3,(H,21,23). The van der Waals surface area contributed by atoms with Crippen LogP contribution in [0.4, 0.5) is 5.69 Å². The van der Waals surface area contributed by atoms with Crippen molar-refractivity contribution in [3.8, 4) is 11.5 Å². The highest BCUT2D eigenvalue weighted by molar-refractivity contribution is 14.1. The molecule has 5 nitrogen and oxygen atoms in total. The summed E-state index contributed by atoms with van der Waals surface area (Å²) in [7, 11) is 0. The third-order valence-electron chi connectivity index (χ3n) is 3.52. The molecule has 0 saturated carbocycles. The topological polar surface area (TPSA) is 64.6 Å². The lowest BCUT2D eigenvalue weighted by Gasteiger charge is -2.14. The fourth-order valence-electron chi connectivity index (χ4n) is 2.41. The van der Waals surface area contributed by atoms with E-state index in [1.54, 1.807) is 18.2 Å². The molecule has 0 spiro atoms. The van der Waals surface area contributed by atoms with Gasteiger partial charge in [-0.3, -0.25) is 9.59 Å². The maximum absolute atomic E-state index is 12.2. The summed E-state index contributed by atoms with van der Waals surface area (Å²) >= 11 is 2.25. The zero-order valence-electron chi connectivity index (χ0n) is 14.4. The summed E-state index contributed by atoms with van der Waals surface area (Å²) in [6, 6.07) is 8.86. The van der Waals surface area contributed by atoms with Gasteiger partial charge in [-0.05, 0) is 84.8 Å². The van der Waals surface area contributed by atoms with Gasteiger partial charge in [0.05, 0.1) is 6.61 Å². The normalized spacial score (nSPS) is 10.2. The van der Waals surface area contributed by atoms with Crippen LogP contribution in [0.25, 0.3) is 0 Å². The minimum atomic E-state index is -0.255. The van der Waals surface area contributed by atoms with Crippen LogP contribution in [-0.4, -0.2) is 25.4 Å². The molecule has 1 amide bonds. The zero-order chi connectivity index (χ0) is 18.4. The number of carbonyl (C=O) groups is 2. The molecule has 0 atom stereocenters. The lowest BCUT2D eigenvalue weighted by Crippen LogP contribution is -2.21. The van der Waals surface area contributed by atoms with Crippen molar-refractivity contribution < 1.29 is 19.1 Å². The number of aldehydes is 1. The summed E-state index contributed by atoms with van der Waals surface area (Å²) in [4.78, 5) is 23.1. The average molecular weight is 453 g/mol. The van der Waals surface area contributed by atoms with Crippen LogP contribution in [0.2, 0.25) is 0 Å². The van der Waals surface area contributed by atoms with Gasteiger partial charge >= 0.3 is 0 Å². The second-order valence-corrected chi connectivity index (χ2v) is 6.75. The van der Waals surface area contributed by atoms with Crippen LogP contribution in [-0.2, 0) is 4.79 Å². The van der Waals surface area contributed by atoms with Gasteiger partial charge in [0.1, 0.15) is 6.29 Å². The van der Waals surface area contributed by atoms with Gasteiger partial charge < -0.3 is 14.8 Å². The first kappa shape index (κ1) is 19.2. The molecule has 0 aliphatic rings. The van der Waals surface area contributed by atoms with Gasteiger partial charge in [0.2, 0.25) is 0 Å². The summed E-state index contributed by atoms with van der Waals surface area (Å²) in [6.45, 7) is 6.04. The molecule has 25 heavy (non-hydrogen) atoms. The van der Waals surface area contributed by atoms with Gasteiger partial charge in [-0.1, -0.05) is 0 Å². The van der Waals surface area contributed by atoms with Crippen LogP contribution in [0.5, 0.6) is 11.5 Å².